The molecule has 1 aromatic heterocycles. The van der Waals surface area contributed by atoms with Crippen molar-refractivity contribution in [3.05, 3.63) is 51.8 Å². The van der Waals surface area contributed by atoms with Crippen LogP contribution in [0.3, 0.4) is 0 Å². The van der Waals surface area contributed by atoms with Gasteiger partial charge in [0.2, 0.25) is 0 Å². The first-order chi connectivity index (χ1) is 8.65. The zero-order valence-electron chi connectivity index (χ0n) is 10.8. The van der Waals surface area contributed by atoms with E-state index in [-0.39, 0.29) is 0 Å². The normalized spacial score (nSPS) is 10.8. The summed E-state index contributed by atoms with van der Waals surface area (Å²) >= 11 is 3.56. The van der Waals surface area contributed by atoms with Gasteiger partial charge in [0, 0.05) is 24.3 Å². The van der Waals surface area contributed by atoms with Crippen molar-refractivity contribution in [3.8, 4) is 0 Å². The largest absolute Gasteiger partial charge is 0.312 e. The summed E-state index contributed by atoms with van der Waals surface area (Å²) in [6.07, 6.45) is 5.00. The third-order valence-electron chi connectivity index (χ3n) is 2.91. The highest BCUT2D eigenvalue weighted by Crippen LogP contribution is 2.17. The number of hydrogen-bond donors (Lipinski definition) is 1. The third-order valence-corrected chi connectivity index (χ3v) is 3.77. The summed E-state index contributed by atoms with van der Waals surface area (Å²) in [5.41, 5.74) is 3.85. The third kappa shape index (κ3) is 3.68. The van der Waals surface area contributed by atoms with E-state index in [1.807, 2.05) is 17.9 Å². The van der Waals surface area contributed by atoms with Gasteiger partial charge in [-0.25, -0.2) is 0 Å². The van der Waals surface area contributed by atoms with E-state index in [1.54, 1.807) is 0 Å². The lowest BCUT2D eigenvalue weighted by atomic mass is 10.1. The van der Waals surface area contributed by atoms with Crippen LogP contribution >= 0.6 is 15.9 Å². The van der Waals surface area contributed by atoms with Crippen LogP contribution in [-0.4, -0.2) is 16.3 Å². The number of benzene rings is 1. The lowest BCUT2D eigenvalue weighted by molar-refractivity contribution is 0.686. The minimum Gasteiger partial charge on any atom is -0.312 e. The first-order valence-electron chi connectivity index (χ1n) is 6.08. The van der Waals surface area contributed by atoms with Crippen LogP contribution < -0.4 is 5.32 Å². The van der Waals surface area contributed by atoms with Crippen LogP contribution in [0.2, 0.25) is 0 Å². The molecule has 2 aromatic rings. The maximum atomic E-state index is 4.16. The first kappa shape index (κ1) is 13.3. The molecule has 1 heterocycles. The van der Waals surface area contributed by atoms with Crippen LogP contribution in [0, 0.1) is 6.92 Å². The van der Waals surface area contributed by atoms with Gasteiger partial charge < -0.3 is 5.32 Å². The summed E-state index contributed by atoms with van der Waals surface area (Å²) < 4.78 is 3.01. The van der Waals surface area contributed by atoms with Gasteiger partial charge in [0.05, 0.1) is 6.20 Å². The lowest BCUT2D eigenvalue weighted by Gasteiger charge is -2.06. The molecule has 0 amide bonds. The summed E-state index contributed by atoms with van der Waals surface area (Å²) in [5.74, 6) is 0. The number of nitrogens with one attached hydrogen (secondary N) is 1. The van der Waals surface area contributed by atoms with Crippen molar-refractivity contribution in [2.75, 3.05) is 6.54 Å². The fraction of sp³-hybridized carbons (Fsp3) is 0.357. The van der Waals surface area contributed by atoms with Crippen molar-refractivity contribution in [1.82, 2.24) is 15.1 Å². The predicted molar refractivity (Wildman–Crippen MR) is 77.5 cm³/mol. The average Bonchev–Trinajstić information content (AvgIpc) is 2.75. The molecule has 0 spiro atoms. The van der Waals surface area contributed by atoms with Gasteiger partial charge in [0.15, 0.2) is 0 Å². The van der Waals surface area contributed by atoms with E-state index in [0.29, 0.717) is 0 Å². The molecule has 96 valence electrons. The Bertz CT molecular complexity index is 520. The van der Waals surface area contributed by atoms with Crippen LogP contribution in [0.4, 0.5) is 0 Å². The quantitative estimate of drug-likeness (QED) is 0.861. The molecule has 0 saturated heterocycles. The number of hydrogen-bond acceptors (Lipinski definition) is 2. The van der Waals surface area contributed by atoms with Crippen molar-refractivity contribution >= 4 is 15.9 Å². The second kappa shape index (κ2) is 6.16. The number of nitrogens with zero attached hydrogens (tertiary/aromatic N) is 2. The van der Waals surface area contributed by atoms with E-state index in [2.05, 4.69) is 57.7 Å². The smallest absolute Gasteiger partial charge is 0.0522 e. The molecule has 1 aromatic carbocycles. The Morgan fingerprint density at radius 2 is 2.17 bits per heavy atom. The van der Waals surface area contributed by atoms with Gasteiger partial charge >= 0.3 is 0 Å². The molecule has 4 heteroatoms. The first-order valence-corrected chi connectivity index (χ1v) is 6.88. The van der Waals surface area contributed by atoms with Gasteiger partial charge in [0.25, 0.3) is 0 Å². The SMILES string of the molecule is Cc1ccc(CNCCc2cnn(C)c2)cc1Br. The summed E-state index contributed by atoms with van der Waals surface area (Å²) in [6.45, 7) is 3.97. The molecule has 0 bridgehead atoms. The maximum absolute atomic E-state index is 4.16. The second-order valence-electron chi connectivity index (χ2n) is 4.53. The van der Waals surface area contributed by atoms with Crippen LogP contribution in [0.1, 0.15) is 16.7 Å². The van der Waals surface area contributed by atoms with Crippen LogP contribution in [0.5, 0.6) is 0 Å². The van der Waals surface area contributed by atoms with Crippen molar-refractivity contribution in [2.24, 2.45) is 7.05 Å². The summed E-state index contributed by atoms with van der Waals surface area (Å²) in [4.78, 5) is 0. The topological polar surface area (TPSA) is 29.9 Å². The van der Waals surface area contributed by atoms with Crippen molar-refractivity contribution in [3.63, 3.8) is 0 Å². The minimum atomic E-state index is 0.902. The second-order valence-corrected chi connectivity index (χ2v) is 5.39. The standard InChI is InChI=1S/C14H18BrN3/c1-11-3-4-12(7-14(11)15)8-16-6-5-13-9-17-18(2)10-13/h3-4,7,9-10,16H,5-6,8H2,1-2H3. The minimum absolute atomic E-state index is 0.902. The Morgan fingerprint density at radius 1 is 1.33 bits per heavy atom. The average molecular weight is 308 g/mol. The summed E-state index contributed by atoms with van der Waals surface area (Å²) in [6, 6.07) is 6.48. The van der Waals surface area contributed by atoms with Crippen molar-refractivity contribution in [2.45, 2.75) is 19.9 Å². The number of aromatic nitrogens is 2. The van der Waals surface area contributed by atoms with Gasteiger partial charge in [-0.2, -0.15) is 5.10 Å². The van der Waals surface area contributed by atoms with Crippen LogP contribution in [-0.2, 0) is 20.0 Å². The highest BCUT2D eigenvalue weighted by Gasteiger charge is 1.99. The number of aryl methyl sites for hydroxylation is 2. The molecule has 3 nitrogen and oxygen atoms in total. The van der Waals surface area contributed by atoms with Gasteiger partial charge in [-0.3, -0.25) is 4.68 Å². The fourth-order valence-electron chi connectivity index (χ4n) is 1.81. The van der Waals surface area contributed by atoms with Gasteiger partial charge in [-0.1, -0.05) is 28.1 Å². The summed E-state index contributed by atoms with van der Waals surface area (Å²) in [5, 5.41) is 7.61. The molecule has 0 unspecified atom stereocenters. The molecular weight excluding hydrogens is 290 g/mol. The number of halogens is 1. The molecular formula is C14H18BrN3. The van der Waals surface area contributed by atoms with Crippen molar-refractivity contribution < 1.29 is 0 Å². The molecule has 0 aliphatic rings. The molecule has 0 aliphatic heterocycles. The molecule has 0 atom stereocenters. The van der Waals surface area contributed by atoms with E-state index in [0.717, 1.165) is 19.5 Å². The number of rotatable bonds is 5. The van der Waals surface area contributed by atoms with E-state index < -0.39 is 0 Å². The monoisotopic (exact) mass is 307 g/mol. The Kier molecular flexibility index (Phi) is 4.55. The van der Waals surface area contributed by atoms with E-state index in [9.17, 15) is 0 Å². The van der Waals surface area contributed by atoms with E-state index in [4.69, 9.17) is 0 Å². The Balaban J connectivity index is 1.76. The molecule has 18 heavy (non-hydrogen) atoms. The maximum Gasteiger partial charge on any atom is 0.0522 e. The lowest BCUT2D eigenvalue weighted by Crippen LogP contribution is -2.16. The molecule has 2 rings (SSSR count). The molecule has 1 N–H and O–H groups in total. The van der Waals surface area contributed by atoms with E-state index in [1.165, 1.54) is 21.2 Å². The molecule has 0 aliphatic carbocycles. The zero-order chi connectivity index (χ0) is 13.0. The Morgan fingerprint density at radius 3 is 2.83 bits per heavy atom. The highest BCUT2D eigenvalue weighted by atomic mass is 79.9. The van der Waals surface area contributed by atoms with Crippen molar-refractivity contribution in [1.29, 1.82) is 0 Å². The molecule has 0 fully saturated rings. The summed E-state index contributed by atoms with van der Waals surface area (Å²) in [7, 11) is 1.95. The van der Waals surface area contributed by atoms with Gasteiger partial charge in [0.1, 0.15) is 0 Å². The molecule has 0 saturated carbocycles. The predicted octanol–water partition coefficient (Wildman–Crippen LogP) is 2.82. The van der Waals surface area contributed by atoms with Crippen LogP contribution in [0.25, 0.3) is 0 Å². The zero-order valence-corrected chi connectivity index (χ0v) is 12.4. The van der Waals surface area contributed by atoms with Crippen LogP contribution in [0.15, 0.2) is 35.1 Å². The molecule has 0 radical (unpaired) electrons. The van der Waals surface area contributed by atoms with Gasteiger partial charge in [-0.05, 0) is 42.6 Å². The highest BCUT2D eigenvalue weighted by molar-refractivity contribution is 9.10. The fourth-order valence-corrected chi connectivity index (χ4v) is 2.24. The Hall–Kier alpha value is -1.13. The Labute approximate surface area is 116 Å². The van der Waals surface area contributed by atoms with E-state index >= 15 is 0 Å². The van der Waals surface area contributed by atoms with Gasteiger partial charge in [-0.15, -0.1) is 0 Å².